The van der Waals surface area contributed by atoms with Crippen molar-refractivity contribution in [3.8, 4) is 0 Å². The van der Waals surface area contributed by atoms with Crippen LogP contribution in [0.15, 0.2) is 0 Å². The van der Waals surface area contributed by atoms with Gasteiger partial charge in [-0.25, -0.2) is 17.3 Å². The van der Waals surface area contributed by atoms with Crippen molar-refractivity contribution in [1.82, 2.24) is 4.72 Å². The molecular formula is C18H32N2O27S4. The molecule has 3 saturated heterocycles. The van der Waals surface area contributed by atoms with E-state index in [2.05, 4.69) is 12.5 Å². The zero-order chi connectivity index (χ0) is 39.0. The molecule has 0 amide bonds. The van der Waals surface area contributed by atoms with Crippen LogP contribution in [-0.4, -0.2) is 194 Å². The van der Waals surface area contributed by atoms with E-state index in [0.29, 0.717) is 0 Å². The van der Waals surface area contributed by atoms with E-state index >= 15 is 0 Å². The van der Waals surface area contributed by atoms with Gasteiger partial charge in [-0.3, -0.25) is 18.2 Å². The third-order valence-electron chi connectivity index (χ3n) is 7.07. The van der Waals surface area contributed by atoms with Crippen molar-refractivity contribution in [2.45, 2.75) is 92.0 Å². The fourth-order valence-electron chi connectivity index (χ4n) is 5.00. The van der Waals surface area contributed by atoms with Crippen LogP contribution in [0, 0.1) is 0 Å². The zero-order valence-corrected chi connectivity index (χ0v) is 28.0. The Hall–Kier alpha value is -1.49. The monoisotopic (exact) mass is 836 g/mol. The molecule has 3 aliphatic heterocycles. The summed E-state index contributed by atoms with van der Waals surface area (Å²) in [7, 11) is -21.8. The number of aliphatic carboxylic acids is 1. The van der Waals surface area contributed by atoms with Crippen molar-refractivity contribution in [2.75, 3.05) is 13.2 Å². The Labute approximate surface area is 286 Å². The van der Waals surface area contributed by atoms with Crippen LogP contribution in [0.2, 0.25) is 0 Å². The van der Waals surface area contributed by atoms with Crippen LogP contribution < -0.4 is 10.5 Å². The van der Waals surface area contributed by atoms with Crippen LogP contribution in [0.3, 0.4) is 0 Å². The van der Waals surface area contributed by atoms with Crippen LogP contribution in [0.5, 0.6) is 0 Å². The lowest BCUT2D eigenvalue weighted by molar-refractivity contribution is -0.356. The summed E-state index contributed by atoms with van der Waals surface area (Å²) in [6.45, 7) is -2.54. The molecule has 0 aromatic carbocycles. The second kappa shape index (κ2) is 16.5. The van der Waals surface area contributed by atoms with Gasteiger partial charge in [0, 0.05) is 0 Å². The number of aliphatic hydroxyl groups is 5. The lowest BCUT2D eigenvalue weighted by Gasteiger charge is -2.48. The number of nitrogens with one attached hydrogen (secondary N) is 1. The van der Waals surface area contributed by atoms with Gasteiger partial charge < -0.3 is 60.1 Å². The minimum absolute atomic E-state index is 1.13. The number of carboxylic acids is 1. The van der Waals surface area contributed by atoms with E-state index in [4.69, 9.17) is 43.1 Å². The molecule has 13 N–H and O–H groups in total. The highest BCUT2D eigenvalue weighted by atomic mass is 32.3. The third kappa shape index (κ3) is 12.0. The van der Waals surface area contributed by atoms with Crippen molar-refractivity contribution in [3.63, 3.8) is 0 Å². The van der Waals surface area contributed by atoms with E-state index < -0.39 is 153 Å². The number of aliphatic hydroxyl groups excluding tert-OH is 5. The molecule has 33 heteroatoms. The fourth-order valence-corrected chi connectivity index (χ4v) is 6.92. The quantitative estimate of drug-likeness (QED) is 0.0681. The average molecular weight is 837 g/mol. The van der Waals surface area contributed by atoms with Crippen molar-refractivity contribution >= 4 is 47.5 Å². The molecule has 51 heavy (non-hydrogen) atoms. The standard InChI is InChI=1S/C18H32N2O27S4/c19-5-11(46-50(34,35)36)7(22)3(1-21)42-17(5)44-12-9(24)13(47-51(37,38)39)18(45-14(12)15(25)26)43-10-4(2-40-49(31,32)33)41-16(27)6(8(10)23)20-48(28,29)30/h3-14,16-18,20-24,27H,1-2,19H2,(H,25,26)(H,28,29,30)(H,31,32,33)(H,34,35,36)(H,37,38,39). The number of carbonyl (C=O) groups is 1. The van der Waals surface area contributed by atoms with Crippen LogP contribution in [-0.2, 0) is 82.5 Å². The summed E-state index contributed by atoms with van der Waals surface area (Å²) in [4.78, 5) is 12.3. The molecule has 0 saturated carbocycles. The Bertz CT molecular complexity index is 1660. The molecule has 0 bridgehead atoms. The summed E-state index contributed by atoms with van der Waals surface area (Å²) in [6.07, 6.45) is -31.2. The average Bonchev–Trinajstić information content (AvgIpc) is 2.95. The molecule has 300 valence electrons. The molecule has 0 aromatic rings. The number of rotatable bonds is 15. The lowest BCUT2D eigenvalue weighted by atomic mass is 9.95. The van der Waals surface area contributed by atoms with E-state index in [1.165, 1.54) is 4.72 Å². The SMILES string of the molecule is NC1C(OC2C(C(=O)O)OC(OC3C(COS(=O)(=O)O)OC(O)C(NS(=O)(=O)O)C3O)C(OS(=O)(=O)O)C2O)OC(CO)C(O)C1OS(=O)(=O)O. The van der Waals surface area contributed by atoms with Crippen molar-refractivity contribution < 1.29 is 124 Å². The Balaban J connectivity index is 2.03. The van der Waals surface area contributed by atoms with Gasteiger partial charge >= 0.3 is 47.5 Å². The number of hydrogen-bond acceptors (Lipinski definition) is 23. The Kier molecular flexibility index (Phi) is 14.2. The minimum atomic E-state index is -5.74. The Morgan fingerprint density at radius 3 is 1.73 bits per heavy atom. The van der Waals surface area contributed by atoms with Gasteiger partial charge in [0.25, 0.3) is 0 Å². The Morgan fingerprint density at radius 2 is 1.24 bits per heavy atom. The predicted molar refractivity (Wildman–Crippen MR) is 147 cm³/mol. The third-order valence-corrected chi connectivity index (χ3v) is 9.01. The van der Waals surface area contributed by atoms with E-state index in [0.717, 1.165) is 0 Å². The second-order valence-electron chi connectivity index (χ2n) is 10.6. The molecule has 3 aliphatic rings. The van der Waals surface area contributed by atoms with Gasteiger partial charge in [-0.1, -0.05) is 0 Å². The van der Waals surface area contributed by atoms with Crippen LogP contribution >= 0.6 is 0 Å². The van der Waals surface area contributed by atoms with Crippen LogP contribution in [0.1, 0.15) is 0 Å². The maximum Gasteiger partial charge on any atom is 0.397 e. The van der Waals surface area contributed by atoms with Crippen molar-refractivity contribution in [1.29, 1.82) is 0 Å². The first-order chi connectivity index (χ1) is 23.1. The number of carboxylic acid groups (broad SMARTS) is 1. The van der Waals surface area contributed by atoms with Gasteiger partial charge in [-0.15, -0.1) is 0 Å². The first-order valence-corrected chi connectivity index (χ1v) is 18.9. The van der Waals surface area contributed by atoms with Gasteiger partial charge in [-0.2, -0.15) is 38.4 Å². The van der Waals surface area contributed by atoms with E-state index in [1.807, 2.05) is 0 Å². The number of ether oxygens (including phenoxy) is 5. The Morgan fingerprint density at radius 1 is 0.686 bits per heavy atom. The van der Waals surface area contributed by atoms with Crippen LogP contribution in [0.4, 0.5) is 0 Å². The molecule has 15 unspecified atom stereocenters. The van der Waals surface area contributed by atoms with Crippen molar-refractivity contribution in [2.24, 2.45) is 5.73 Å². The first-order valence-electron chi connectivity index (χ1n) is 13.4. The van der Waals surface area contributed by atoms with E-state index in [1.54, 1.807) is 0 Å². The van der Waals surface area contributed by atoms with Gasteiger partial charge in [0.2, 0.25) is 0 Å². The minimum Gasteiger partial charge on any atom is -0.479 e. The molecule has 0 aliphatic carbocycles. The molecule has 15 atom stereocenters. The highest BCUT2D eigenvalue weighted by molar-refractivity contribution is 7.83. The largest absolute Gasteiger partial charge is 0.479 e. The molecule has 3 heterocycles. The van der Waals surface area contributed by atoms with E-state index in [9.17, 15) is 73.7 Å². The smallest absolute Gasteiger partial charge is 0.397 e. The summed E-state index contributed by atoms with van der Waals surface area (Å²) in [6, 6.07) is -4.37. The summed E-state index contributed by atoms with van der Waals surface area (Å²) in [5, 5.41) is 61.9. The fraction of sp³-hybridized carbons (Fsp3) is 0.944. The highest BCUT2D eigenvalue weighted by Crippen LogP contribution is 2.34. The topological polar surface area (TPSA) is 468 Å². The number of hydrogen-bond donors (Lipinski definition) is 12. The summed E-state index contributed by atoms with van der Waals surface area (Å²) in [5.41, 5.74) is 5.81. The van der Waals surface area contributed by atoms with Gasteiger partial charge in [0.05, 0.1) is 19.3 Å². The molecule has 3 rings (SSSR count). The second-order valence-corrected chi connectivity index (χ2v) is 15.0. The van der Waals surface area contributed by atoms with Gasteiger partial charge in [-0.05, 0) is 0 Å². The molecule has 29 nitrogen and oxygen atoms in total. The maximum absolute atomic E-state index is 12.3. The van der Waals surface area contributed by atoms with Gasteiger partial charge in [0.1, 0.15) is 54.9 Å². The number of nitrogens with two attached hydrogens (primary N) is 1. The molecule has 0 radical (unpaired) electrons. The lowest BCUT2D eigenvalue weighted by Crippen LogP contribution is -2.69. The molecular weight excluding hydrogens is 804 g/mol. The normalized spacial score (nSPS) is 40.2. The highest BCUT2D eigenvalue weighted by Gasteiger charge is 2.57. The van der Waals surface area contributed by atoms with E-state index in [-0.39, 0.29) is 0 Å². The predicted octanol–water partition coefficient (Wildman–Crippen LogP) is -8.63. The summed E-state index contributed by atoms with van der Waals surface area (Å²) < 4.78 is 168. The molecule has 0 spiro atoms. The maximum atomic E-state index is 12.3. The zero-order valence-electron chi connectivity index (χ0n) is 24.7. The molecule has 0 aromatic heterocycles. The van der Waals surface area contributed by atoms with Crippen molar-refractivity contribution in [3.05, 3.63) is 0 Å². The first kappa shape index (κ1) is 43.9. The van der Waals surface area contributed by atoms with Gasteiger partial charge in [0.15, 0.2) is 31.1 Å². The molecule has 3 fully saturated rings. The summed E-state index contributed by atoms with van der Waals surface area (Å²) in [5.74, 6) is -2.11. The van der Waals surface area contributed by atoms with Crippen LogP contribution in [0.25, 0.3) is 0 Å². The summed E-state index contributed by atoms with van der Waals surface area (Å²) >= 11 is 0.